The number of nitrogens with zero attached hydrogens (tertiary/aromatic N) is 2. The summed E-state index contributed by atoms with van der Waals surface area (Å²) in [6.07, 6.45) is 4.54. The van der Waals surface area contributed by atoms with Crippen molar-refractivity contribution in [2.45, 2.75) is 41.4 Å². The molecule has 3 atom stereocenters. The van der Waals surface area contributed by atoms with E-state index in [0.29, 0.717) is 18.6 Å². The van der Waals surface area contributed by atoms with Gasteiger partial charge in [0, 0.05) is 24.2 Å². The van der Waals surface area contributed by atoms with Gasteiger partial charge in [0.15, 0.2) is 9.84 Å². The Hall–Kier alpha value is -2.70. The molecule has 2 aliphatic rings. The third kappa shape index (κ3) is 4.57. The number of rotatable bonds is 7. The van der Waals surface area contributed by atoms with E-state index in [1.165, 1.54) is 0 Å². The molecule has 2 fully saturated rings. The summed E-state index contributed by atoms with van der Waals surface area (Å²) in [6, 6.07) is 8.62. The maximum Gasteiger partial charge on any atom is 0.224 e. The molecule has 2 saturated carbocycles. The van der Waals surface area contributed by atoms with E-state index in [9.17, 15) is 22.9 Å². The molecular weight excluding hydrogens is 457 g/mol. The molecule has 1 aromatic carbocycles. The van der Waals surface area contributed by atoms with Gasteiger partial charge in [-0.15, -0.1) is 0 Å². The average Bonchev–Trinajstić information content (AvgIpc) is 3.39. The number of benzene rings is 1. The highest BCUT2D eigenvalue weighted by Gasteiger charge is 2.50. The van der Waals surface area contributed by atoms with Crippen LogP contribution in [-0.4, -0.2) is 36.7 Å². The molecule has 4 rings (SSSR count). The summed E-state index contributed by atoms with van der Waals surface area (Å²) in [5.41, 5.74) is -0.856. The van der Waals surface area contributed by atoms with Crippen molar-refractivity contribution in [3.63, 3.8) is 0 Å². The molecule has 1 N–H and O–H groups in total. The molecule has 0 spiro atoms. The molecule has 2 aliphatic carbocycles. The molecule has 0 radical (unpaired) electrons. The zero-order valence-electron chi connectivity index (χ0n) is 17.0. The van der Waals surface area contributed by atoms with Gasteiger partial charge in [-0.3, -0.25) is 9.78 Å². The van der Waals surface area contributed by atoms with Crippen molar-refractivity contribution in [2.75, 3.05) is 6.61 Å². The standard InChI is InChI=1S/C22H21ClFN3O4S/c23-19-10-15(24)1-2-20(19)32(29,30)17-9-14(12-31-16-3-7-26-8-4-16)18(11-17)21(28)27-22(13-25)5-6-22/h1-4,7-8,10,14,17-18H,5-6,9,11-12H2,(H,27,28)/t14-,17-,18+/m0/s1. The van der Waals surface area contributed by atoms with Gasteiger partial charge in [0.1, 0.15) is 17.1 Å². The van der Waals surface area contributed by atoms with E-state index in [4.69, 9.17) is 16.3 Å². The summed E-state index contributed by atoms with van der Waals surface area (Å²) >= 11 is 6.02. The number of sulfone groups is 1. The highest BCUT2D eigenvalue weighted by molar-refractivity contribution is 7.92. The third-order valence-corrected chi connectivity index (χ3v) is 8.72. The van der Waals surface area contributed by atoms with E-state index in [1.807, 2.05) is 0 Å². The fraction of sp³-hybridized carbons (Fsp3) is 0.409. The van der Waals surface area contributed by atoms with Gasteiger partial charge in [-0.05, 0) is 56.0 Å². The van der Waals surface area contributed by atoms with Crippen molar-refractivity contribution in [2.24, 2.45) is 11.8 Å². The number of nitriles is 1. The van der Waals surface area contributed by atoms with Gasteiger partial charge in [0.25, 0.3) is 0 Å². The number of carbonyl (C=O) groups excluding carboxylic acids is 1. The normalized spacial score (nSPS) is 23.8. The van der Waals surface area contributed by atoms with Crippen LogP contribution in [0.2, 0.25) is 5.02 Å². The van der Waals surface area contributed by atoms with E-state index < -0.39 is 38.3 Å². The molecule has 32 heavy (non-hydrogen) atoms. The van der Waals surface area contributed by atoms with Gasteiger partial charge in [0.2, 0.25) is 5.91 Å². The number of aromatic nitrogens is 1. The van der Waals surface area contributed by atoms with Gasteiger partial charge >= 0.3 is 0 Å². The quantitative estimate of drug-likeness (QED) is 0.613. The minimum Gasteiger partial charge on any atom is -0.493 e. The topological polar surface area (TPSA) is 109 Å². The fourth-order valence-electron chi connectivity index (χ4n) is 4.07. The zero-order valence-corrected chi connectivity index (χ0v) is 18.6. The fourth-order valence-corrected chi connectivity index (χ4v) is 6.47. The Balaban J connectivity index is 1.56. The first-order chi connectivity index (χ1) is 15.2. The molecule has 2 aromatic rings. The molecule has 0 aliphatic heterocycles. The Kier molecular flexibility index (Phi) is 6.10. The second kappa shape index (κ2) is 8.68. The Labute approximate surface area is 190 Å². The predicted molar refractivity (Wildman–Crippen MR) is 114 cm³/mol. The Morgan fingerprint density at radius 1 is 1.28 bits per heavy atom. The van der Waals surface area contributed by atoms with Crippen LogP contribution in [0.3, 0.4) is 0 Å². The number of carbonyl (C=O) groups is 1. The maximum atomic E-state index is 13.4. The Bertz CT molecular complexity index is 1170. The van der Waals surface area contributed by atoms with E-state index >= 15 is 0 Å². The van der Waals surface area contributed by atoms with E-state index in [-0.39, 0.29) is 35.3 Å². The second-order valence-corrected chi connectivity index (χ2v) is 10.9. The van der Waals surface area contributed by atoms with Gasteiger partial charge in [-0.1, -0.05) is 11.6 Å². The number of pyridine rings is 1. The Morgan fingerprint density at radius 2 is 2.00 bits per heavy atom. The van der Waals surface area contributed by atoms with Crippen molar-refractivity contribution in [3.8, 4) is 11.8 Å². The zero-order chi connectivity index (χ0) is 22.9. The number of halogens is 2. The molecule has 10 heteroatoms. The largest absolute Gasteiger partial charge is 0.493 e. The van der Waals surface area contributed by atoms with Crippen LogP contribution in [0.1, 0.15) is 25.7 Å². The summed E-state index contributed by atoms with van der Waals surface area (Å²) in [4.78, 5) is 16.8. The van der Waals surface area contributed by atoms with Crippen LogP contribution in [-0.2, 0) is 14.6 Å². The van der Waals surface area contributed by atoms with Crippen molar-refractivity contribution < 1.29 is 22.3 Å². The molecule has 1 amide bonds. The van der Waals surface area contributed by atoms with Crippen LogP contribution >= 0.6 is 11.6 Å². The summed E-state index contributed by atoms with van der Waals surface area (Å²) in [5, 5.41) is 11.0. The first-order valence-electron chi connectivity index (χ1n) is 10.2. The molecule has 1 heterocycles. The first-order valence-corrected chi connectivity index (χ1v) is 12.1. The predicted octanol–water partition coefficient (Wildman–Crippen LogP) is 3.29. The smallest absolute Gasteiger partial charge is 0.224 e. The van der Waals surface area contributed by atoms with Crippen LogP contribution in [0.15, 0.2) is 47.6 Å². The Morgan fingerprint density at radius 3 is 2.62 bits per heavy atom. The van der Waals surface area contributed by atoms with Gasteiger partial charge in [0.05, 0.1) is 27.8 Å². The molecule has 7 nitrogen and oxygen atoms in total. The number of hydrogen-bond acceptors (Lipinski definition) is 6. The van der Waals surface area contributed by atoms with Crippen LogP contribution in [0.5, 0.6) is 5.75 Å². The van der Waals surface area contributed by atoms with E-state index in [2.05, 4.69) is 16.4 Å². The number of amides is 1. The van der Waals surface area contributed by atoms with Gasteiger partial charge in [-0.2, -0.15) is 5.26 Å². The van der Waals surface area contributed by atoms with E-state index in [1.54, 1.807) is 24.5 Å². The van der Waals surface area contributed by atoms with Crippen molar-refractivity contribution >= 4 is 27.3 Å². The highest BCUT2D eigenvalue weighted by Crippen LogP contribution is 2.42. The average molecular weight is 478 g/mol. The van der Waals surface area contributed by atoms with Gasteiger partial charge < -0.3 is 10.1 Å². The number of hydrogen-bond donors (Lipinski definition) is 1. The molecule has 1 aromatic heterocycles. The van der Waals surface area contributed by atoms with Crippen LogP contribution in [0.25, 0.3) is 0 Å². The SMILES string of the molecule is N#CC1(NC(=O)[C@@H]2C[C@@H](S(=O)(=O)c3ccc(F)cc3Cl)C[C@H]2COc2ccncc2)CC1. The summed E-state index contributed by atoms with van der Waals surface area (Å²) in [5.74, 6) is -1.47. The summed E-state index contributed by atoms with van der Waals surface area (Å²) < 4.78 is 45.8. The molecule has 0 saturated heterocycles. The van der Waals surface area contributed by atoms with E-state index in [0.717, 1.165) is 18.2 Å². The number of ether oxygens (including phenoxy) is 1. The molecule has 0 bridgehead atoms. The van der Waals surface area contributed by atoms with Crippen molar-refractivity contribution in [1.29, 1.82) is 5.26 Å². The monoisotopic (exact) mass is 477 g/mol. The van der Waals surface area contributed by atoms with Crippen LogP contribution < -0.4 is 10.1 Å². The lowest BCUT2D eigenvalue weighted by molar-refractivity contribution is -0.127. The van der Waals surface area contributed by atoms with Crippen molar-refractivity contribution in [1.82, 2.24) is 10.3 Å². The number of nitrogens with one attached hydrogen (secondary N) is 1. The molecular formula is C22H21ClFN3O4S. The summed E-state index contributed by atoms with van der Waals surface area (Å²) in [6.45, 7) is 0.130. The second-order valence-electron chi connectivity index (χ2n) is 8.26. The lowest BCUT2D eigenvalue weighted by Gasteiger charge is -2.20. The molecule has 168 valence electrons. The first kappa shape index (κ1) is 22.5. The van der Waals surface area contributed by atoms with Crippen LogP contribution in [0, 0.1) is 29.0 Å². The minimum absolute atomic E-state index is 0.0632. The highest BCUT2D eigenvalue weighted by atomic mass is 35.5. The van der Waals surface area contributed by atoms with Crippen molar-refractivity contribution in [3.05, 3.63) is 53.6 Å². The third-order valence-electron chi connectivity index (χ3n) is 6.07. The molecule has 0 unspecified atom stereocenters. The van der Waals surface area contributed by atoms with Gasteiger partial charge in [-0.25, -0.2) is 12.8 Å². The summed E-state index contributed by atoms with van der Waals surface area (Å²) in [7, 11) is -3.91. The maximum absolute atomic E-state index is 13.4. The lowest BCUT2D eigenvalue weighted by Crippen LogP contribution is -2.41. The minimum atomic E-state index is -3.91. The lowest BCUT2D eigenvalue weighted by atomic mass is 9.95. The van der Waals surface area contributed by atoms with Crippen LogP contribution in [0.4, 0.5) is 4.39 Å².